The van der Waals surface area contributed by atoms with Crippen LogP contribution in [0.2, 0.25) is 0 Å². The molecule has 102 valence electrons. The molecule has 20 heavy (non-hydrogen) atoms. The molecule has 0 radical (unpaired) electrons. The molecule has 1 aromatic heterocycles. The maximum atomic E-state index is 11.9. The molecular formula is C15H14N2O2S. The second kappa shape index (κ2) is 6.16. The first-order valence-corrected chi connectivity index (χ1v) is 6.44. The quantitative estimate of drug-likeness (QED) is 0.671. The van der Waals surface area contributed by atoms with E-state index in [1.165, 1.54) is 4.57 Å². The van der Waals surface area contributed by atoms with Crippen molar-refractivity contribution < 1.29 is 5.11 Å². The minimum absolute atomic E-state index is 0.161. The lowest BCUT2D eigenvalue weighted by Crippen LogP contribution is -2.16. The van der Waals surface area contributed by atoms with Crippen molar-refractivity contribution in [2.75, 3.05) is 0 Å². The van der Waals surface area contributed by atoms with Gasteiger partial charge in [0, 0.05) is 6.54 Å². The Morgan fingerprint density at radius 2 is 2.00 bits per heavy atom. The molecule has 4 nitrogen and oxygen atoms in total. The number of H-pyrrole nitrogens is 1. The van der Waals surface area contributed by atoms with Gasteiger partial charge in [-0.2, -0.15) is 0 Å². The number of nitrogens with zero attached hydrogens (tertiary/aromatic N) is 1. The van der Waals surface area contributed by atoms with Gasteiger partial charge in [0.25, 0.3) is 5.56 Å². The average molecular weight is 286 g/mol. The van der Waals surface area contributed by atoms with Crippen molar-refractivity contribution in [1.29, 1.82) is 0 Å². The van der Waals surface area contributed by atoms with E-state index in [1.54, 1.807) is 18.2 Å². The molecule has 0 aliphatic carbocycles. The van der Waals surface area contributed by atoms with E-state index in [9.17, 15) is 9.90 Å². The minimum atomic E-state index is -0.417. The van der Waals surface area contributed by atoms with Crippen LogP contribution in [0.1, 0.15) is 11.1 Å². The molecule has 0 aliphatic rings. The predicted molar refractivity (Wildman–Crippen MR) is 83.1 cm³/mol. The zero-order valence-corrected chi connectivity index (χ0v) is 11.6. The Balaban J connectivity index is 2.49. The highest BCUT2D eigenvalue weighted by molar-refractivity contribution is 7.71. The molecule has 0 fully saturated rings. The summed E-state index contributed by atoms with van der Waals surface area (Å²) in [4.78, 5) is 14.4. The van der Waals surface area contributed by atoms with Crippen LogP contribution in [0.3, 0.4) is 0 Å². The molecule has 5 heteroatoms. The Hall–Kier alpha value is -2.40. The van der Waals surface area contributed by atoms with E-state index >= 15 is 0 Å². The average Bonchev–Trinajstić information content (AvgIpc) is 2.44. The predicted octanol–water partition coefficient (Wildman–Crippen LogP) is 2.97. The Morgan fingerprint density at radius 1 is 1.30 bits per heavy atom. The van der Waals surface area contributed by atoms with Crippen molar-refractivity contribution in [3.63, 3.8) is 0 Å². The molecule has 0 saturated heterocycles. The number of hydrogen-bond acceptors (Lipinski definition) is 3. The summed E-state index contributed by atoms with van der Waals surface area (Å²) in [5, 5.41) is 10.1. The normalized spacial score (nSPS) is 10.8. The van der Waals surface area contributed by atoms with Crippen LogP contribution in [0.15, 0.2) is 47.8 Å². The van der Waals surface area contributed by atoms with Crippen LogP contribution in [0, 0.1) is 4.77 Å². The number of hydrogen-bond donors (Lipinski definition) is 2. The number of aromatic hydroxyl groups is 1. The van der Waals surface area contributed by atoms with E-state index in [0.29, 0.717) is 6.54 Å². The summed E-state index contributed by atoms with van der Waals surface area (Å²) in [7, 11) is 0. The van der Waals surface area contributed by atoms with Gasteiger partial charge in [0.15, 0.2) is 4.77 Å². The number of aromatic amines is 1. The monoisotopic (exact) mass is 286 g/mol. The highest BCUT2D eigenvalue weighted by Crippen LogP contribution is 2.16. The van der Waals surface area contributed by atoms with Gasteiger partial charge in [0.2, 0.25) is 5.88 Å². The van der Waals surface area contributed by atoms with Gasteiger partial charge in [-0.25, -0.2) is 0 Å². The van der Waals surface area contributed by atoms with E-state index in [0.717, 1.165) is 5.56 Å². The van der Waals surface area contributed by atoms with Gasteiger partial charge in [-0.3, -0.25) is 14.3 Å². The number of nitrogens with one attached hydrogen (secondary N) is 1. The van der Waals surface area contributed by atoms with Crippen LogP contribution in [0.4, 0.5) is 0 Å². The number of allylic oxidation sites excluding steroid dienone is 1. The zero-order valence-electron chi connectivity index (χ0n) is 10.7. The van der Waals surface area contributed by atoms with E-state index < -0.39 is 5.56 Å². The molecule has 0 saturated carbocycles. The number of aromatic nitrogens is 2. The highest BCUT2D eigenvalue weighted by atomic mass is 32.1. The zero-order chi connectivity index (χ0) is 14.5. The first kappa shape index (κ1) is 14.0. The van der Waals surface area contributed by atoms with Crippen molar-refractivity contribution in [3.05, 3.63) is 69.2 Å². The second-order valence-corrected chi connectivity index (χ2v) is 4.53. The molecule has 0 bridgehead atoms. The third kappa shape index (κ3) is 2.95. The van der Waals surface area contributed by atoms with Crippen molar-refractivity contribution >= 4 is 24.4 Å². The summed E-state index contributed by atoms with van der Waals surface area (Å²) >= 11 is 5.01. The lowest BCUT2D eigenvalue weighted by Gasteiger charge is -2.08. The molecule has 2 N–H and O–H groups in total. The molecule has 0 unspecified atom stereocenters. The van der Waals surface area contributed by atoms with Gasteiger partial charge in [-0.05, 0) is 23.9 Å². The number of rotatable bonds is 4. The van der Waals surface area contributed by atoms with Gasteiger partial charge in [0.05, 0.1) is 5.56 Å². The van der Waals surface area contributed by atoms with Gasteiger partial charge in [0.1, 0.15) is 0 Å². The Kier molecular flexibility index (Phi) is 4.32. The second-order valence-electron chi connectivity index (χ2n) is 4.14. The molecule has 2 rings (SSSR count). The van der Waals surface area contributed by atoms with E-state index in [2.05, 4.69) is 11.6 Å². The van der Waals surface area contributed by atoms with Crippen LogP contribution in [-0.2, 0) is 6.54 Å². The molecule has 2 aromatic rings. The smallest absolute Gasteiger partial charge is 0.262 e. The topological polar surface area (TPSA) is 58.0 Å². The molecule has 1 heterocycles. The van der Waals surface area contributed by atoms with Crippen LogP contribution in [0.5, 0.6) is 5.88 Å². The van der Waals surface area contributed by atoms with E-state index in [4.69, 9.17) is 12.2 Å². The maximum Gasteiger partial charge on any atom is 0.262 e. The largest absolute Gasteiger partial charge is 0.494 e. The van der Waals surface area contributed by atoms with Gasteiger partial charge in [-0.1, -0.05) is 42.5 Å². The van der Waals surface area contributed by atoms with Crippen LogP contribution >= 0.6 is 12.2 Å². The summed E-state index contributed by atoms with van der Waals surface area (Å²) in [6.45, 7) is 3.92. The number of benzene rings is 1. The van der Waals surface area contributed by atoms with Crippen molar-refractivity contribution in [2.45, 2.75) is 6.54 Å². The molecule has 0 aliphatic heterocycles. The van der Waals surface area contributed by atoms with Crippen molar-refractivity contribution in [1.82, 2.24) is 9.55 Å². The Morgan fingerprint density at radius 3 is 2.65 bits per heavy atom. The lowest BCUT2D eigenvalue weighted by molar-refractivity contribution is 0.413. The van der Waals surface area contributed by atoms with Crippen molar-refractivity contribution in [3.8, 4) is 5.88 Å². The fraction of sp³-hybridized carbons (Fsp3) is 0.0667. The van der Waals surface area contributed by atoms with Crippen LogP contribution < -0.4 is 5.56 Å². The summed E-state index contributed by atoms with van der Waals surface area (Å²) in [6, 6.07) is 9.51. The van der Waals surface area contributed by atoms with Gasteiger partial charge < -0.3 is 5.11 Å². The molecule has 1 aromatic carbocycles. The van der Waals surface area contributed by atoms with Gasteiger partial charge in [-0.15, -0.1) is 6.58 Å². The SMILES string of the molecule is C=CCn1c(O)c(C=Cc2ccccc2)c(=O)[nH]c1=S. The van der Waals surface area contributed by atoms with E-state index in [-0.39, 0.29) is 16.2 Å². The minimum Gasteiger partial charge on any atom is -0.494 e. The molecule has 0 atom stereocenters. The Bertz CT molecular complexity index is 758. The van der Waals surface area contributed by atoms with Crippen LogP contribution in [-0.4, -0.2) is 14.7 Å². The highest BCUT2D eigenvalue weighted by Gasteiger charge is 2.08. The first-order chi connectivity index (χ1) is 9.63. The Labute approximate surface area is 121 Å². The summed E-state index contributed by atoms with van der Waals surface area (Å²) < 4.78 is 1.58. The fourth-order valence-electron chi connectivity index (χ4n) is 1.77. The summed E-state index contributed by atoms with van der Waals surface area (Å²) in [5.74, 6) is -0.161. The standard InChI is InChI=1S/C15H14N2O2S/c1-2-10-17-14(19)12(13(18)16-15(17)20)9-8-11-6-4-3-5-7-11/h2-9,19H,1,10H2,(H,16,18,20). The summed E-state index contributed by atoms with van der Waals surface area (Å²) in [5.41, 5.74) is 0.688. The summed E-state index contributed by atoms with van der Waals surface area (Å²) in [6.07, 6.45) is 4.92. The van der Waals surface area contributed by atoms with Gasteiger partial charge >= 0.3 is 0 Å². The van der Waals surface area contributed by atoms with Crippen LogP contribution in [0.25, 0.3) is 12.2 Å². The third-order valence-corrected chi connectivity index (χ3v) is 3.08. The lowest BCUT2D eigenvalue weighted by atomic mass is 10.2. The maximum absolute atomic E-state index is 11.9. The molecule has 0 spiro atoms. The van der Waals surface area contributed by atoms with E-state index in [1.807, 2.05) is 30.3 Å². The van der Waals surface area contributed by atoms with Crippen molar-refractivity contribution in [2.24, 2.45) is 0 Å². The molecular weight excluding hydrogens is 272 g/mol. The third-order valence-electron chi connectivity index (χ3n) is 2.76. The first-order valence-electron chi connectivity index (χ1n) is 6.03. The molecule has 0 amide bonds. The fourth-order valence-corrected chi connectivity index (χ4v) is 2.02.